The molecule has 0 aromatic carbocycles. The molecule has 1 unspecified atom stereocenters. The molecule has 2 aromatic rings. The molecule has 1 amide bonds. The standard InChI is InChI=1S/C22H24F4N8O/c1-12(21(23)2-4-34(5-3-21)17(35)8-28)32-20-31-9-13(7-27)18(33-20)16-11-30-19-15(16)6-14(10-29-19)22(24,25)26/h6,9,11-12,29-30H,2-5,8,10,28H2,1H3,(H,31,32,33). The minimum absolute atomic E-state index is 0.0303. The number of nitriles is 1. The number of carbonyl (C=O) groups is 1. The first-order chi connectivity index (χ1) is 16.6. The number of H-pyrrole nitrogens is 1. The topological polar surface area (TPSA) is 136 Å². The van der Waals surface area contributed by atoms with Crippen LogP contribution in [-0.2, 0) is 4.79 Å². The largest absolute Gasteiger partial charge is 0.414 e. The lowest BCUT2D eigenvalue weighted by atomic mass is 9.87. The summed E-state index contributed by atoms with van der Waals surface area (Å²) in [5, 5.41) is 15.1. The fraction of sp³-hybridized carbons (Fsp3) is 0.455. The van der Waals surface area contributed by atoms with E-state index in [2.05, 4.69) is 25.6 Å². The van der Waals surface area contributed by atoms with Crippen LogP contribution in [0.5, 0.6) is 0 Å². The molecular formula is C22H24F4N8O. The van der Waals surface area contributed by atoms with Crippen LogP contribution in [0.15, 0.2) is 18.0 Å². The summed E-state index contributed by atoms with van der Waals surface area (Å²) >= 11 is 0. The number of nitrogens with one attached hydrogen (secondary N) is 3. The summed E-state index contributed by atoms with van der Waals surface area (Å²) in [7, 11) is 0. The van der Waals surface area contributed by atoms with Crippen LogP contribution in [0.1, 0.15) is 30.9 Å². The van der Waals surface area contributed by atoms with E-state index in [0.717, 1.165) is 6.08 Å². The first-order valence-corrected chi connectivity index (χ1v) is 11.0. The van der Waals surface area contributed by atoms with Gasteiger partial charge < -0.3 is 26.3 Å². The molecule has 1 atom stereocenters. The Morgan fingerprint density at radius 3 is 2.74 bits per heavy atom. The highest BCUT2D eigenvalue weighted by atomic mass is 19.4. The molecule has 4 rings (SSSR count). The maximum Gasteiger partial charge on any atom is 0.414 e. The number of fused-ring (bicyclic) bond motifs is 1. The van der Waals surface area contributed by atoms with E-state index < -0.39 is 23.5 Å². The van der Waals surface area contributed by atoms with Crippen LogP contribution in [0.3, 0.4) is 0 Å². The minimum Gasteiger partial charge on any atom is -0.367 e. The smallest absolute Gasteiger partial charge is 0.367 e. The van der Waals surface area contributed by atoms with Crippen LogP contribution in [0.4, 0.5) is 29.3 Å². The first-order valence-electron chi connectivity index (χ1n) is 11.0. The zero-order valence-electron chi connectivity index (χ0n) is 18.8. The van der Waals surface area contributed by atoms with Crippen molar-refractivity contribution in [2.75, 3.05) is 36.8 Å². The van der Waals surface area contributed by atoms with Gasteiger partial charge in [-0.1, -0.05) is 0 Å². The highest BCUT2D eigenvalue weighted by Gasteiger charge is 2.41. The lowest BCUT2D eigenvalue weighted by Crippen LogP contribution is -2.52. The number of aromatic nitrogens is 3. The van der Waals surface area contributed by atoms with Crippen molar-refractivity contribution >= 4 is 23.7 Å². The Hall–Kier alpha value is -3.66. The van der Waals surface area contributed by atoms with Crippen molar-refractivity contribution < 1.29 is 22.4 Å². The van der Waals surface area contributed by atoms with Gasteiger partial charge in [0.25, 0.3) is 0 Å². The summed E-state index contributed by atoms with van der Waals surface area (Å²) in [6.07, 6.45) is -0.593. The molecule has 2 aliphatic rings. The molecule has 0 aliphatic carbocycles. The van der Waals surface area contributed by atoms with Crippen molar-refractivity contribution in [3.05, 3.63) is 29.1 Å². The third kappa shape index (κ3) is 4.79. The van der Waals surface area contributed by atoms with Crippen molar-refractivity contribution in [1.82, 2.24) is 19.9 Å². The molecule has 0 bridgehead atoms. The number of amides is 1. The van der Waals surface area contributed by atoms with Crippen molar-refractivity contribution in [2.24, 2.45) is 5.73 Å². The lowest BCUT2D eigenvalue weighted by molar-refractivity contribution is -0.132. The van der Waals surface area contributed by atoms with Crippen LogP contribution in [-0.4, -0.2) is 69.8 Å². The highest BCUT2D eigenvalue weighted by Crippen LogP contribution is 2.38. The molecule has 9 nitrogen and oxygen atoms in total. The Morgan fingerprint density at radius 1 is 1.40 bits per heavy atom. The second kappa shape index (κ2) is 9.18. The van der Waals surface area contributed by atoms with Crippen molar-refractivity contribution in [3.8, 4) is 17.3 Å². The second-order valence-electron chi connectivity index (χ2n) is 8.57. The number of nitrogens with zero attached hydrogens (tertiary/aromatic N) is 4. The third-order valence-corrected chi connectivity index (χ3v) is 6.47. The molecule has 2 aromatic heterocycles. The number of hydrogen-bond acceptors (Lipinski definition) is 7. The van der Waals surface area contributed by atoms with Crippen LogP contribution in [0, 0.1) is 11.3 Å². The average molecular weight is 492 g/mol. The van der Waals surface area contributed by atoms with Gasteiger partial charge in [0.05, 0.1) is 35.6 Å². The van der Waals surface area contributed by atoms with Gasteiger partial charge in [0, 0.05) is 49.8 Å². The van der Waals surface area contributed by atoms with Gasteiger partial charge in [-0.25, -0.2) is 14.4 Å². The number of aromatic amines is 1. The Kier molecular flexibility index (Phi) is 6.42. The summed E-state index contributed by atoms with van der Waals surface area (Å²) in [6.45, 7) is 1.57. The van der Waals surface area contributed by atoms with Crippen molar-refractivity contribution in [1.29, 1.82) is 5.26 Å². The van der Waals surface area contributed by atoms with Crippen molar-refractivity contribution in [3.63, 3.8) is 0 Å². The fourth-order valence-corrected chi connectivity index (χ4v) is 4.27. The van der Waals surface area contributed by atoms with E-state index in [1.807, 2.05) is 6.07 Å². The maximum absolute atomic E-state index is 15.6. The average Bonchev–Trinajstić information content (AvgIpc) is 3.26. The van der Waals surface area contributed by atoms with Gasteiger partial charge in [-0.2, -0.15) is 18.4 Å². The summed E-state index contributed by atoms with van der Waals surface area (Å²) in [5.74, 6) is 0.169. The molecule has 5 N–H and O–H groups in total. The van der Waals surface area contributed by atoms with E-state index in [1.165, 1.54) is 17.3 Å². The number of hydrogen-bond donors (Lipinski definition) is 4. The molecular weight excluding hydrogens is 468 g/mol. The van der Waals surface area contributed by atoms with Gasteiger partial charge in [-0.3, -0.25) is 4.79 Å². The quantitative estimate of drug-likeness (QED) is 0.471. The number of likely N-dealkylation sites (tertiary alicyclic amines) is 1. The summed E-state index contributed by atoms with van der Waals surface area (Å²) in [5.41, 5.74) is 3.65. The maximum atomic E-state index is 15.6. The molecule has 13 heteroatoms. The number of rotatable bonds is 5. The van der Waals surface area contributed by atoms with E-state index in [0.29, 0.717) is 5.82 Å². The summed E-state index contributed by atoms with van der Waals surface area (Å²) in [4.78, 5) is 24.6. The van der Waals surface area contributed by atoms with E-state index in [4.69, 9.17) is 5.73 Å². The molecule has 35 heavy (non-hydrogen) atoms. The SMILES string of the molecule is CC(Nc1ncc(C#N)c(-c2c[nH]c3c2C=C(C(F)(F)F)CN3)n1)C1(F)CCN(C(=O)CN)CC1. The molecule has 0 radical (unpaired) electrons. The molecule has 1 fully saturated rings. The Balaban J connectivity index is 1.59. The number of halogens is 4. The van der Waals surface area contributed by atoms with E-state index in [9.17, 15) is 23.2 Å². The first kappa shape index (κ1) is 24.5. The van der Waals surface area contributed by atoms with Gasteiger partial charge >= 0.3 is 6.18 Å². The minimum atomic E-state index is -4.51. The number of nitrogens with two attached hydrogens (primary N) is 1. The second-order valence-corrected chi connectivity index (χ2v) is 8.57. The zero-order chi connectivity index (χ0) is 25.4. The molecule has 4 heterocycles. The van der Waals surface area contributed by atoms with Crippen LogP contribution in [0.25, 0.3) is 17.3 Å². The summed E-state index contributed by atoms with van der Waals surface area (Å²) in [6, 6.07) is 1.21. The van der Waals surface area contributed by atoms with Crippen LogP contribution >= 0.6 is 0 Å². The summed E-state index contributed by atoms with van der Waals surface area (Å²) < 4.78 is 55.4. The van der Waals surface area contributed by atoms with Crippen LogP contribution < -0.4 is 16.4 Å². The van der Waals surface area contributed by atoms with Gasteiger partial charge in [-0.05, 0) is 13.0 Å². The number of piperidine rings is 1. The van der Waals surface area contributed by atoms with Gasteiger partial charge in [-0.15, -0.1) is 0 Å². The van der Waals surface area contributed by atoms with Gasteiger partial charge in [0.2, 0.25) is 11.9 Å². The lowest BCUT2D eigenvalue weighted by Gasteiger charge is -2.40. The number of carbonyl (C=O) groups excluding carboxylic acids is 1. The number of anilines is 2. The normalized spacial score (nSPS) is 18.1. The molecule has 1 saturated heterocycles. The predicted octanol–water partition coefficient (Wildman–Crippen LogP) is 2.80. The van der Waals surface area contributed by atoms with E-state index >= 15 is 4.39 Å². The van der Waals surface area contributed by atoms with Gasteiger partial charge in [0.15, 0.2) is 0 Å². The molecule has 0 spiro atoms. The molecule has 186 valence electrons. The fourth-order valence-electron chi connectivity index (χ4n) is 4.27. The zero-order valence-corrected chi connectivity index (χ0v) is 18.8. The van der Waals surface area contributed by atoms with E-state index in [1.54, 1.807) is 6.92 Å². The van der Waals surface area contributed by atoms with Crippen LogP contribution in [0.2, 0.25) is 0 Å². The molecule has 2 aliphatic heterocycles. The highest BCUT2D eigenvalue weighted by molar-refractivity contribution is 5.85. The Morgan fingerprint density at radius 2 is 2.11 bits per heavy atom. The predicted molar refractivity (Wildman–Crippen MR) is 121 cm³/mol. The Bertz CT molecular complexity index is 1190. The number of alkyl halides is 4. The molecule has 0 saturated carbocycles. The monoisotopic (exact) mass is 492 g/mol. The Labute approximate surface area is 198 Å². The van der Waals surface area contributed by atoms with Gasteiger partial charge in [0.1, 0.15) is 17.6 Å². The van der Waals surface area contributed by atoms with Crippen molar-refractivity contribution in [2.45, 2.75) is 37.7 Å². The third-order valence-electron chi connectivity index (χ3n) is 6.47. The van der Waals surface area contributed by atoms with E-state index in [-0.39, 0.29) is 73.3 Å².